The zero-order chi connectivity index (χ0) is 14.5. The minimum absolute atomic E-state index is 0.247. The van der Waals surface area contributed by atoms with Crippen molar-refractivity contribution in [3.05, 3.63) is 29.2 Å². The molecule has 0 fully saturated rings. The van der Waals surface area contributed by atoms with E-state index >= 15 is 0 Å². The van der Waals surface area contributed by atoms with Crippen LogP contribution in [-0.2, 0) is 19.4 Å². The van der Waals surface area contributed by atoms with Crippen molar-refractivity contribution < 1.29 is 4.74 Å². The smallest absolute Gasteiger partial charge is 0.257 e. The SMILES string of the molecule is CCc1nnc(Oc2cnn(CC)c2)c(C#N)c1CC. The van der Waals surface area contributed by atoms with Gasteiger partial charge in [0.25, 0.3) is 5.88 Å². The molecule has 0 radical (unpaired) electrons. The molecule has 2 heterocycles. The van der Waals surface area contributed by atoms with E-state index in [0.29, 0.717) is 11.3 Å². The van der Waals surface area contributed by atoms with Crippen LogP contribution in [0.2, 0.25) is 0 Å². The average molecular weight is 271 g/mol. The Morgan fingerprint density at radius 1 is 1.25 bits per heavy atom. The molecule has 0 saturated heterocycles. The van der Waals surface area contributed by atoms with Crippen molar-refractivity contribution in [2.24, 2.45) is 0 Å². The second-order valence-electron chi connectivity index (χ2n) is 4.26. The fourth-order valence-electron chi connectivity index (χ4n) is 2.02. The lowest BCUT2D eigenvalue weighted by atomic mass is 10.0. The van der Waals surface area contributed by atoms with E-state index in [1.807, 2.05) is 20.8 Å². The Kier molecular flexibility index (Phi) is 4.31. The third-order valence-electron chi connectivity index (χ3n) is 3.07. The highest BCUT2D eigenvalue weighted by molar-refractivity contribution is 5.47. The third kappa shape index (κ3) is 2.62. The molecule has 2 aromatic rings. The summed E-state index contributed by atoms with van der Waals surface area (Å²) in [6.45, 7) is 6.74. The van der Waals surface area contributed by atoms with Crippen LogP contribution in [0.3, 0.4) is 0 Å². The molecule has 0 aliphatic heterocycles. The summed E-state index contributed by atoms with van der Waals surface area (Å²) < 4.78 is 7.39. The Balaban J connectivity index is 2.39. The number of rotatable bonds is 5. The maximum Gasteiger partial charge on any atom is 0.257 e. The summed E-state index contributed by atoms with van der Waals surface area (Å²) in [5.41, 5.74) is 2.21. The van der Waals surface area contributed by atoms with Crippen LogP contribution in [0, 0.1) is 11.3 Å². The molecule has 0 aliphatic carbocycles. The molecule has 0 bridgehead atoms. The maximum atomic E-state index is 9.36. The lowest BCUT2D eigenvalue weighted by Gasteiger charge is -2.09. The van der Waals surface area contributed by atoms with Crippen molar-refractivity contribution in [1.29, 1.82) is 5.26 Å². The van der Waals surface area contributed by atoms with Gasteiger partial charge in [0.05, 0.1) is 18.1 Å². The number of hydrogen-bond donors (Lipinski definition) is 0. The number of nitriles is 1. The van der Waals surface area contributed by atoms with Gasteiger partial charge in [0, 0.05) is 6.54 Å². The van der Waals surface area contributed by atoms with Gasteiger partial charge in [0.2, 0.25) is 0 Å². The number of aryl methyl sites for hydroxylation is 2. The summed E-state index contributed by atoms with van der Waals surface area (Å²) in [6.07, 6.45) is 4.85. The van der Waals surface area contributed by atoms with Gasteiger partial charge in [0.15, 0.2) is 5.75 Å². The molecule has 20 heavy (non-hydrogen) atoms. The van der Waals surface area contributed by atoms with Crippen molar-refractivity contribution in [3.63, 3.8) is 0 Å². The Bertz CT molecular complexity index is 641. The van der Waals surface area contributed by atoms with E-state index in [4.69, 9.17) is 4.74 Å². The molecule has 0 spiro atoms. The maximum absolute atomic E-state index is 9.36. The molecular weight excluding hydrogens is 254 g/mol. The van der Waals surface area contributed by atoms with Crippen molar-refractivity contribution in [2.75, 3.05) is 0 Å². The summed E-state index contributed by atoms with van der Waals surface area (Å²) in [7, 11) is 0. The van der Waals surface area contributed by atoms with Gasteiger partial charge in [0.1, 0.15) is 11.6 Å². The predicted molar refractivity (Wildman–Crippen MR) is 73.5 cm³/mol. The molecule has 2 aromatic heterocycles. The van der Waals surface area contributed by atoms with Gasteiger partial charge in [-0.2, -0.15) is 15.5 Å². The monoisotopic (exact) mass is 271 g/mol. The van der Waals surface area contributed by atoms with E-state index < -0.39 is 0 Å². The van der Waals surface area contributed by atoms with Gasteiger partial charge >= 0.3 is 0 Å². The molecular formula is C14H17N5O. The van der Waals surface area contributed by atoms with Crippen molar-refractivity contribution in [1.82, 2.24) is 20.0 Å². The predicted octanol–water partition coefficient (Wildman–Crippen LogP) is 2.48. The molecule has 0 amide bonds. The first-order valence-electron chi connectivity index (χ1n) is 6.72. The lowest BCUT2D eigenvalue weighted by molar-refractivity contribution is 0.449. The van der Waals surface area contributed by atoms with Gasteiger partial charge in [-0.3, -0.25) is 4.68 Å². The van der Waals surface area contributed by atoms with Crippen molar-refractivity contribution >= 4 is 0 Å². The van der Waals surface area contributed by atoms with E-state index in [1.54, 1.807) is 17.1 Å². The summed E-state index contributed by atoms with van der Waals surface area (Å²) in [5, 5.41) is 21.7. The van der Waals surface area contributed by atoms with Crippen LogP contribution < -0.4 is 4.74 Å². The number of aromatic nitrogens is 4. The minimum Gasteiger partial charge on any atom is -0.433 e. The normalized spacial score (nSPS) is 10.3. The van der Waals surface area contributed by atoms with Gasteiger partial charge in [-0.05, 0) is 25.3 Å². The second-order valence-corrected chi connectivity index (χ2v) is 4.26. The van der Waals surface area contributed by atoms with Gasteiger partial charge in [-0.1, -0.05) is 13.8 Å². The molecule has 0 aliphatic rings. The van der Waals surface area contributed by atoms with Crippen LogP contribution in [-0.4, -0.2) is 20.0 Å². The van der Waals surface area contributed by atoms with Gasteiger partial charge < -0.3 is 4.74 Å². The Hall–Kier alpha value is -2.42. The second kappa shape index (κ2) is 6.15. The molecule has 0 atom stereocenters. The Morgan fingerprint density at radius 3 is 2.60 bits per heavy atom. The van der Waals surface area contributed by atoms with Crippen LogP contribution in [0.4, 0.5) is 0 Å². The Labute approximate surface area is 118 Å². The van der Waals surface area contributed by atoms with Crippen LogP contribution in [0.25, 0.3) is 0 Å². The molecule has 6 nitrogen and oxygen atoms in total. The van der Waals surface area contributed by atoms with E-state index in [1.165, 1.54) is 0 Å². The Morgan fingerprint density at radius 2 is 2.05 bits per heavy atom. The molecule has 0 N–H and O–H groups in total. The van der Waals surface area contributed by atoms with Crippen LogP contribution in [0.15, 0.2) is 12.4 Å². The first kappa shape index (κ1) is 14.0. The highest BCUT2D eigenvalue weighted by atomic mass is 16.5. The standard InChI is InChI=1S/C14H17N5O/c1-4-11-12(7-15)14(18-17-13(11)5-2)20-10-8-16-19(6-3)9-10/h8-9H,4-6H2,1-3H3. The summed E-state index contributed by atoms with van der Waals surface area (Å²) in [5.74, 6) is 0.807. The summed E-state index contributed by atoms with van der Waals surface area (Å²) in [6, 6.07) is 2.18. The fraction of sp³-hybridized carbons (Fsp3) is 0.429. The van der Waals surface area contributed by atoms with E-state index in [0.717, 1.165) is 30.6 Å². The molecule has 0 aromatic carbocycles. The molecule has 0 saturated carbocycles. The van der Waals surface area contributed by atoms with E-state index in [2.05, 4.69) is 21.4 Å². The van der Waals surface area contributed by atoms with Crippen LogP contribution >= 0.6 is 0 Å². The first-order valence-corrected chi connectivity index (χ1v) is 6.72. The number of nitrogens with zero attached hydrogens (tertiary/aromatic N) is 5. The van der Waals surface area contributed by atoms with Crippen molar-refractivity contribution in [3.8, 4) is 17.7 Å². The molecule has 6 heteroatoms. The molecule has 2 rings (SSSR count). The average Bonchev–Trinajstić information content (AvgIpc) is 2.94. The van der Waals surface area contributed by atoms with Crippen molar-refractivity contribution in [2.45, 2.75) is 40.2 Å². The first-order chi connectivity index (χ1) is 9.73. The van der Waals surface area contributed by atoms with Crippen LogP contribution in [0.5, 0.6) is 11.6 Å². The highest BCUT2D eigenvalue weighted by Gasteiger charge is 2.16. The van der Waals surface area contributed by atoms with Gasteiger partial charge in [-0.15, -0.1) is 5.10 Å². The van der Waals surface area contributed by atoms with E-state index in [-0.39, 0.29) is 5.88 Å². The van der Waals surface area contributed by atoms with Gasteiger partial charge in [-0.25, -0.2) is 0 Å². The topological polar surface area (TPSA) is 76.6 Å². The number of ether oxygens (including phenoxy) is 1. The fourth-order valence-corrected chi connectivity index (χ4v) is 2.02. The highest BCUT2D eigenvalue weighted by Crippen LogP contribution is 2.26. The lowest BCUT2D eigenvalue weighted by Crippen LogP contribution is -2.05. The third-order valence-corrected chi connectivity index (χ3v) is 3.07. The zero-order valence-electron chi connectivity index (χ0n) is 11.9. The number of hydrogen-bond acceptors (Lipinski definition) is 5. The summed E-state index contributed by atoms with van der Waals surface area (Å²) >= 11 is 0. The quantitative estimate of drug-likeness (QED) is 0.835. The van der Waals surface area contributed by atoms with E-state index in [9.17, 15) is 5.26 Å². The largest absolute Gasteiger partial charge is 0.433 e. The zero-order valence-corrected chi connectivity index (χ0v) is 11.9. The molecule has 0 unspecified atom stereocenters. The molecule has 104 valence electrons. The minimum atomic E-state index is 0.247. The van der Waals surface area contributed by atoms with Crippen LogP contribution in [0.1, 0.15) is 37.6 Å². The summed E-state index contributed by atoms with van der Waals surface area (Å²) in [4.78, 5) is 0.